The van der Waals surface area contributed by atoms with Crippen molar-refractivity contribution in [3.8, 4) is 0 Å². The maximum absolute atomic E-state index is 12.5. The van der Waals surface area contributed by atoms with Gasteiger partial charge in [0.1, 0.15) is 0 Å². The SMILES string of the molecule is C=C/C(=C\C(=C)N1CC(CC(=O)OC)C1)C(F)(F)F.CC. The molecule has 0 bridgehead atoms. The highest BCUT2D eigenvalue weighted by Crippen LogP contribution is 2.30. The fourth-order valence-corrected chi connectivity index (χ4v) is 1.78. The van der Waals surface area contributed by atoms with Crippen molar-refractivity contribution in [2.75, 3.05) is 20.2 Å². The van der Waals surface area contributed by atoms with Gasteiger partial charge in [0.05, 0.1) is 19.1 Å². The first kappa shape index (κ1) is 19.3. The summed E-state index contributed by atoms with van der Waals surface area (Å²) in [5.41, 5.74) is -0.553. The van der Waals surface area contributed by atoms with Crippen molar-refractivity contribution in [1.29, 1.82) is 0 Å². The largest absolute Gasteiger partial charge is 0.469 e. The molecule has 0 atom stereocenters. The highest BCUT2D eigenvalue weighted by atomic mass is 19.4. The van der Waals surface area contributed by atoms with Crippen LogP contribution in [0.15, 0.2) is 36.6 Å². The predicted octanol–water partition coefficient (Wildman–Crippen LogP) is 3.70. The molecule has 0 saturated carbocycles. The van der Waals surface area contributed by atoms with Gasteiger partial charge in [-0.05, 0) is 6.08 Å². The van der Waals surface area contributed by atoms with Gasteiger partial charge in [-0.1, -0.05) is 33.1 Å². The number of methoxy groups -OCH3 is 1. The Morgan fingerprint density at radius 2 is 1.90 bits per heavy atom. The summed E-state index contributed by atoms with van der Waals surface area (Å²) < 4.78 is 42.0. The van der Waals surface area contributed by atoms with E-state index in [4.69, 9.17) is 0 Å². The molecule has 0 aromatic carbocycles. The van der Waals surface area contributed by atoms with Crippen LogP contribution in [-0.4, -0.2) is 37.2 Å². The minimum Gasteiger partial charge on any atom is -0.469 e. The lowest BCUT2D eigenvalue weighted by Crippen LogP contribution is -2.46. The number of nitrogens with zero attached hydrogens (tertiary/aromatic N) is 1. The van der Waals surface area contributed by atoms with E-state index in [0.717, 1.165) is 12.2 Å². The first-order chi connectivity index (χ1) is 9.77. The average Bonchev–Trinajstić information content (AvgIpc) is 2.39. The lowest BCUT2D eigenvalue weighted by atomic mass is 9.95. The van der Waals surface area contributed by atoms with Crippen LogP contribution in [0, 0.1) is 5.92 Å². The van der Waals surface area contributed by atoms with E-state index < -0.39 is 11.7 Å². The molecule has 0 aromatic rings. The Morgan fingerprint density at radius 1 is 1.38 bits per heavy atom. The maximum atomic E-state index is 12.5. The van der Waals surface area contributed by atoms with Gasteiger partial charge in [-0.25, -0.2) is 0 Å². The molecule has 0 radical (unpaired) electrons. The molecule has 1 fully saturated rings. The zero-order valence-corrected chi connectivity index (χ0v) is 12.7. The summed E-state index contributed by atoms with van der Waals surface area (Å²) in [5.74, 6) is -0.205. The number of hydrogen-bond acceptors (Lipinski definition) is 3. The minimum absolute atomic E-state index is 0.107. The Kier molecular flexibility index (Phi) is 7.84. The van der Waals surface area contributed by atoms with Crippen molar-refractivity contribution in [2.24, 2.45) is 5.92 Å². The number of ether oxygens (including phenoxy) is 1. The van der Waals surface area contributed by atoms with Gasteiger partial charge in [0.25, 0.3) is 0 Å². The third kappa shape index (κ3) is 6.06. The first-order valence-corrected chi connectivity index (χ1v) is 6.70. The number of hydrogen-bond donors (Lipinski definition) is 0. The van der Waals surface area contributed by atoms with Crippen molar-refractivity contribution >= 4 is 5.97 Å². The van der Waals surface area contributed by atoms with Gasteiger partial charge in [0.15, 0.2) is 0 Å². The Hall–Kier alpha value is -1.72. The number of halogens is 3. The van der Waals surface area contributed by atoms with Gasteiger partial charge >= 0.3 is 12.1 Å². The van der Waals surface area contributed by atoms with Crippen molar-refractivity contribution in [3.05, 3.63) is 36.6 Å². The molecule has 1 heterocycles. The summed E-state index contributed by atoms with van der Waals surface area (Å²) in [6.07, 6.45) is -2.43. The second kappa shape index (κ2) is 8.54. The predicted molar refractivity (Wildman–Crippen MR) is 76.5 cm³/mol. The van der Waals surface area contributed by atoms with Crippen LogP contribution in [0.1, 0.15) is 20.3 Å². The third-order valence-corrected chi connectivity index (χ3v) is 2.92. The summed E-state index contributed by atoms with van der Waals surface area (Å²) in [6, 6.07) is 0. The molecule has 0 N–H and O–H groups in total. The Bertz CT molecular complexity index is 408. The van der Waals surface area contributed by atoms with Gasteiger partial charge in [0.2, 0.25) is 0 Å². The number of allylic oxidation sites excluding steroid dienone is 3. The van der Waals surface area contributed by atoms with Crippen molar-refractivity contribution in [3.63, 3.8) is 0 Å². The number of carbonyl (C=O) groups excluding carboxylic acids is 1. The molecule has 6 heteroatoms. The molecule has 0 aliphatic carbocycles. The fraction of sp³-hybridized carbons (Fsp3) is 0.533. The summed E-state index contributed by atoms with van der Waals surface area (Å²) in [4.78, 5) is 12.7. The molecular formula is C15H22F3NO2. The van der Waals surface area contributed by atoms with Crippen LogP contribution < -0.4 is 0 Å². The summed E-state index contributed by atoms with van der Waals surface area (Å²) >= 11 is 0. The second-order valence-electron chi connectivity index (χ2n) is 4.34. The van der Waals surface area contributed by atoms with Gasteiger partial charge in [-0.15, -0.1) is 0 Å². The van der Waals surface area contributed by atoms with E-state index in [9.17, 15) is 18.0 Å². The van der Waals surface area contributed by atoms with Crippen LogP contribution in [0.3, 0.4) is 0 Å². The second-order valence-corrected chi connectivity index (χ2v) is 4.34. The fourth-order valence-electron chi connectivity index (χ4n) is 1.78. The number of esters is 1. The van der Waals surface area contributed by atoms with E-state index >= 15 is 0 Å². The number of likely N-dealkylation sites (tertiary alicyclic amines) is 1. The molecule has 0 aromatic heterocycles. The highest BCUT2D eigenvalue weighted by Gasteiger charge is 2.33. The monoisotopic (exact) mass is 305 g/mol. The van der Waals surface area contributed by atoms with Crippen molar-refractivity contribution in [2.45, 2.75) is 26.4 Å². The molecular weight excluding hydrogens is 283 g/mol. The normalized spacial score (nSPS) is 15.5. The van der Waals surface area contributed by atoms with Gasteiger partial charge in [0, 0.05) is 24.7 Å². The molecule has 1 saturated heterocycles. The lowest BCUT2D eigenvalue weighted by molar-refractivity contribution is -0.142. The summed E-state index contributed by atoms with van der Waals surface area (Å²) in [6.45, 7) is 11.8. The molecule has 3 nitrogen and oxygen atoms in total. The molecule has 21 heavy (non-hydrogen) atoms. The van der Waals surface area contributed by atoms with Gasteiger partial charge < -0.3 is 9.64 Å². The van der Waals surface area contributed by atoms with Crippen molar-refractivity contribution in [1.82, 2.24) is 4.90 Å². The molecule has 1 rings (SSSR count). The van der Waals surface area contributed by atoms with Crippen LogP contribution in [-0.2, 0) is 9.53 Å². The Morgan fingerprint density at radius 3 is 2.29 bits per heavy atom. The number of rotatable bonds is 5. The molecule has 0 unspecified atom stereocenters. The molecule has 0 spiro atoms. The third-order valence-electron chi connectivity index (χ3n) is 2.92. The quantitative estimate of drug-likeness (QED) is 0.573. The molecule has 1 aliphatic rings. The minimum atomic E-state index is -4.43. The Labute approximate surface area is 123 Å². The molecule has 120 valence electrons. The number of carbonyl (C=O) groups is 1. The van der Waals surface area contributed by atoms with E-state index in [2.05, 4.69) is 17.9 Å². The van der Waals surface area contributed by atoms with E-state index in [1.165, 1.54) is 7.11 Å². The van der Waals surface area contributed by atoms with Gasteiger partial charge in [-0.2, -0.15) is 13.2 Å². The zero-order chi connectivity index (χ0) is 16.6. The smallest absolute Gasteiger partial charge is 0.416 e. The summed E-state index contributed by atoms with van der Waals surface area (Å²) in [7, 11) is 1.31. The van der Waals surface area contributed by atoms with E-state index in [0.29, 0.717) is 13.1 Å². The van der Waals surface area contributed by atoms with Crippen LogP contribution in [0.5, 0.6) is 0 Å². The van der Waals surface area contributed by atoms with Gasteiger partial charge in [-0.3, -0.25) is 4.79 Å². The topological polar surface area (TPSA) is 29.5 Å². The molecule has 0 amide bonds. The van der Waals surface area contributed by atoms with Crippen molar-refractivity contribution < 1.29 is 22.7 Å². The number of alkyl halides is 3. The highest BCUT2D eigenvalue weighted by molar-refractivity contribution is 5.69. The Balaban J connectivity index is 0.00000191. The molecule has 1 aliphatic heterocycles. The maximum Gasteiger partial charge on any atom is 0.416 e. The lowest BCUT2D eigenvalue weighted by Gasteiger charge is -2.41. The summed E-state index contributed by atoms with van der Waals surface area (Å²) in [5, 5.41) is 0. The first-order valence-electron chi connectivity index (χ1n) is 6.70. The zero-order valence-electron chi connectivity index (χ0n) is 12.7. The average molecular weight is 305 g/mol. The van der Waals surface area contributed by atoms with E-state index in [1.54, 1.807) is 4.90 Å². The van der Waals surface area contributed by atoms with E-state index in [-0.39, 0.29) is 24.0 Å². The van der Waals surface area contributed by atoms with Crippen LogP contribution >= 0.6 is 0 Å². The standard InChI is InChI=1S/C13H16F3NO2.C2H6/c1-4-11(13(14,15)16)5-9(2)17-7-10(8-17)6-12(18)19-3;1-2/h4-5,10H,1-2,6-8H2,3H3;1-2H3/b11-5+;. The van der Waals surface area contributed by atoms with Crippen LogP contribution in [0.25, 0.3) is 0 Å². The van der Waals surface area contributed by atoms with Crippen LogP contribution in [0.4, 0.5) is 13.2 Å². The van der Waals surface area contributed by atoms with E-state index in [1.807, 2.05) is 13.8 Å². The van der Waals surface area contributed by atoms with Crippen LogP contribution in [0.2, 0.25) is 0 Å².